The van der Waals surface area contributed by atoms with Gasteiger partial charge < -0.3 is 14.5 Å². The maximum atomic E-state index is 13.5. The number of halogens is 3. The number of rotatable bonds is 5. The highest BCUT2D eigenvalue weighted by molar-refractivity contribution is 5.92. The number of nitriles is 1. The molecule has 0 saturated carbocycles. The van der Waals surface area contributed by atoms with Crippen molar-refractivity contribution >= 4 is 11.6 Å². The van der Waals surface area contributed by atoms with Gasteiger partial charge in [-0.15, -0.1) is 0 Å². The van der Waals surface area contributed by atoms with Gasteiger partial charge in [0.2, 0.25) is 0 Å². The van der Waals surface area contributed by atoms with Crippen LogP contribution in [-0.2, 0) is 17.5 Å². The molecule has 0 radical (unpaired) electrons. The molecule has 1 aromatic carbocycles. The Morgan fingerprint density at radius 1 is 1.29 bits per heavy atom. The predicted octanol–water partition coefficient (Wildman–Crippen LogP) is 3.80. The van der Waals surface area contributed by atoms with E-state index in [1.165, 1.54) is 6.07 Å². The Kier molecular flexibility index (Phi) is 6.58. The van der Waals surface area contributed by atoms with Crippen LogP contribution in [0, 0.1) is 22.7 Å². The summed E-state index contributed by atoms with van der Waals surface area (Å²) in [6, 6.07) is 7.27. The fourth-order valence-corrected chi connectivity index (χ4v) is 5.37. The topological polar surface area (TPSA) is 74.4 Å². The average Bonchev–Trinajstić information content (AvgIpc) is 3.44. The first-order valence-corrected chi connectivity index (χ1v) is 11.4. The van der Waals surface area contributed by atoms with Crippen molar-refractivity contribution in [2.45, 2.75) is 32.5 Å². The van der Waals surface area contributed by atoms with Crippen LogP contribution in [0.15, 0.2) is 30.5 Å². The molecule has 1 spiro atoms. The number of ether oxygens (including phenoxy) is 1. The Morgan fingerprint density at radius 2 is 2.03 bits per heavy atom. The number of nitrogens with zero attached hydrogens (tertiary/aromatic N) is 5. The molecule has 2 aromatic rings. The first-order chi connectivity index (χ1) is 16.2. The average molecular weight is 476 g/mol. The molecule has 3 heterocycles. The lowest BCUT2D eigenvalue weighted by Crippen LogP contribution is -2.47. The molecule has 0 bridgehead atoms. The van der Waals surface area contributed by atoms with Crippen LogP contribution in [0.25, 0.3) is 0 Å². The molecule has 1 amide bonds. The van der Waals surface area contributed by atoms with E-state index in [2.05, 4.69) is 5.10 Å². The summed E-state index contributed by atoms with van der Waals surface area (Å²) in [7, 11) is 1.63. The molecule has 4 rings (SSSR count). The molecular weight excluding hydrogens is 447 g/mol. The summed E-state index contributed by atoms with van der Waals surface area (Å²) in [6.45, 7) is 5.33. The van der Waals surface area contributed by atoms with Crippen LogP contribution in [0.5, 0.6) is 0 Å². The predicted molar refractivity (Wildman–Crippen MR) is 119 cm³/mol. The first-order valence-electron chi connectivity index (χ1n) is 11.4. The van der Waals surface area contributed by atoms with Gasteiger partial charge in [0, 0.05) is 57.6 Å². The fraction of sp³-hybridized carbons (Fsp3) is 0.542. The van der Waals surface area contributed by atoms with E-state index in [0.29, 0.717) is 50.7 Å². The molecule has 34 heavy (non-hydrogen) atoms. The number of likely N-dealkylation sites (tertiary alicyclic amines) is 1. The van der Waals surface area contributed by atoms with E-state index in [0.717, 1.165) is 18.9 Å². The molecule has 182 valence electrons. The van der Waals surface area contributed by atoms with Crippen molar-refractivity contribution in [3.63, 3.8) is 0 Å². The minimum atomic E-state index is -4.60. The number of alkyl halides is 3. The van der Waals surface area contributed by atoms with E-state index in [4.69, 9.17) is 10.00 Å². The lowest BCUT2D eigenvalue weighted by Gasteiger charge is -2.42. The highest BCUT2D eigenvalue weighted by Gasteiger charge is 2.49. The number of aromatic nitrogens is 2. The third kappa shape index (κ3) is 4.37. The smallest absolute Gasteiger partial charge is 0.384 e. The molecular formula is C24H28F3N5O2. The molecule has 2 aliphatic rings. The quantitative estimate of drug-likeness (QED) is 0.658. The van der Waals surface area contributed by atoms with Gasteiger partial charge in [-0.3, -0.25) is 9.48 Å². The first kappa shape index (κ1) is 24.1. The van der Waals surface area contributed by atoms with E-state index in [-0.39, 0.29) is 22.8 Å². The van der Waals surface area contributed by atoms with Crippen molar-refractivity contribution in [1.82, 2.24) is 14.7 Å². The summed E-state index contributed by atoms with van der Waals surface area (Å²) in [5.74, 6) is 0.0788. The van der Waals surface area contributed by atoms with Gasteiger partial charge in [-0.2, -0.15) is 23.5 Å². The van der Waals surface area contributed by atoms with Crippen molar-refractivity contribution in [3.8, 4) is 6.07 Å². The SMILES string of the molecule is CCn1nccc1C(=O)N1CCC2(CC1)CN(c1ccc(C#N)c(C(F)(F)F)c1)CC2COC. The molecule has 2 fully saturated rings. The van der Waals surface area contributed by atoms with Crippen molar-refractivity contribution < 1.29 is 22.7 Å². The molecule has 2 saturated heterocycles. The number of benzene rings is 1. The van der Waals surface area contributed by atoms with Gasteiger partial charge in [0.25, 0.3) is 5.91 Å². The van der Waals surface area contributed by atoms with Crippen molar-refractivity contribution in [1.29, 1.82) is 5.26 Å². The third-order valence-electron chi connectivity index (χ3n) is 7.26. The number of methoxy groups -OCH3 is 1. The summed E-state index contributed by atoms with van der Waals surface area (Å²) in [6.07, 6.45) is -1.49. The zero-order chi connectivity index (χ0) is 24.5. The van der Waals surface area contributed by atoms with E-state index >= 15 is 0 Å². The summed E-state index contributed by atoms with van der Waals surface area (Å²) < 4.78 is 47.7. The zero-order valence-electron chi connectivity index (χ0n) is 19.3. The van der Waals surface area contributed by atoms with Crippen molar-refractivity contribution in [2.24, 2.45) is 11.3 Å². The zero-order valence-corrected chi connectivity index (χ0v) is 19.3. The van der Waals surface area contributed by atoms with E-state index in [9.17, 15) is 18.0 Å². The normalized spacial score (nSPS) is 20.1. The van der Waals surface area contributed by atoms with Gasteiger partial charge in [0.05, 0.1) is 23.8 Å². The lowest BCUT2D eigenvalue weighted by molar-refractivity contribution is -0.137. The Hall–Kier alpha value is -3.06. The Labute approximate surface area is 196 Å². The maximum absolute atomic E-state index is 13.5. The number of piperidine rings is 1. The minimum Gasteiger partial charge on any atom is -0.384 e. The summed E-state index contributed by atoms with van der Waals surface area (Å²) in [4.78, 5) is 16.8. The van der Waals surface area contributed by atoms with Crippen molar-refractivity contribution in [3.05, 3.63) is 47.3 Å². The molecule has 2 aliphatic heterocycles. The Bertz CT molecular complexity index is 1080. The Balaban J connectivity index is 1.53. The largest absolute Gasteiger partial charge is 0.417 e. The number of carbonyl (C=O) groups is 1. The number of aryl methyl sites for hydroxylation is 1. The van der Waals surface area contributed by atoms with Gasteiger partial charge >= 0.3 is 6.18 Å². The number of hydrogen-bond acceptors (Lipinski definition) is 5. The van der Waals surface area contributed by atoms with E-state index in [1.54, 1.807) is 36.2 Å². The highest BCUT2D eigenvalue weighted by Crippen LogP contribution is 2.47. The third-order valence-corrected chi connectivity index (χ3v) is 7.26. The van der Waals surface area contributed by atoms with E-state index < -0.39 is 11.7 Å². The van der Waals surface area contributed by atoms with Gasteiger partial charge in [0.15, 0.2) is 0 Å². The van der Waals surface area contributed by atoms with Crippen LogP contribution >= 0.6 is 0 Å². The molecule has 1 aromatic heterocycles. The van der Waals surface area contributed by atoms with E-state index in [1.807, 2.05) is 16.7 Å². The summed E-state index contributed by atoms with van der Waals surface area (Å²) in [5, 5.41) is 13.3. The van der Waals surface area contributed by atoms with Gasteiger partial charge in [0.1, 0.15) is 5.69 Å². The van der Waals surface area contributed by atoms with Gasteiger partial charge in [-0.25, -0.2) is 0 Å². The highest BCUT2D eigenvalue weighted by atomic mass is 19.4. The number of hydrogen-bond donors (Lipinski definition) is 0. The molecule has 0 aliphatic carbocycles. The standard InChI is InChI=1S/C24H28F3N5O2/c1-3-32-21(6-9-29-32)22(33)30-10-7-23(8-11-30)16-31(14-18(23)15-34-2)19-5-4-17(13-28)20(12-19)24(25,26)27/h4-6,9,12,18H,3,7-8,10-11,14-16H2,1-2H3. The lowest BCUT2D eigenvalue weighted by atomic mass is 9.71. The monoisotopic (exact) mass is 475 g/mol. The minimum absolute atomic E-state index is 0.0470. The molecule has 0 N–H and O–H groups in total. The molecule has 10 heteroatoms. The van der Waals surface area contributed by atoms with Crippen LogP contribution < -0.4 is 4.90 Å². The van der Waals surface area contributed by atoms with Gasteiger partial charge in [-0.1, -0.05) is 0 Å². The number of anilines is 1. The second-order valence-electron chi connectivity index (χ2n) is 9.06. The molecule has 1 atom stereocenters. The Morgan fingerprint density at radius 3 is 2.65 bits per heavy atom. The second-order valence-corrected chi connectivity index (χ2v) is 9.06. The molecule has 7 nitrogen and oxygen atoms in total. The van der Waals surface area contributed by atoms with Crippen LogP contribution in [0.1, 0.15) is 41.4 Å². The van der Waals surface area contributed by atoms with Crippen molar-refractivity contribution in [2.75, 3.05) is 44.8 Å². The maximum Gasteiger partial charge on any atom is 0.417 e. The van der Waals surface area contributed by atoms with Crippen LogP contribution in [-0.4, -0.2) is 60.5 Å². The van der Waals surface area contributed by atoms with Gasteiger partial charge in [-0.05, 0) is 49.4 Å². The summed E-state index contributed by atoms with van der Waals surface area (Å²) in [5.41, 5.74) is -0.433. The second kappa shape index (κ2) is 9.29. The fourth-order valence-electron chi connectivity index (χ4n) is 5.37. The number of amides is 1. The summed E-state index contributed by atoms with van der Waals surface area (Å²) >= 11 is 0. The number of carbonyl (C=O) groups excluding carboxylic acids is 1. The molecule has 1 unspecified atom stereocenters. The van der Waals surface area contributed by atoms with Crippen LogP contribution in [0.4, 0.5) is 18.9 Å². The van der Waals surface area contributed by atoms with Crippen LogP contribution in [0.3, 0.4) is 0 Å². The van der Waals surface area contributed by atoms with Crippen LogP contribution in [0.2, 0.25) is 0 Å².